The van der Waals surface area contributed by atoms with Crippen molar-refractivity contribution in [1.82, 2.24) is 14.7 Å². The Balaban J connectivity index is 2.30. The maximum Gasteiger partial charge on any atom is 0.273 e. The maximum absolute atomic E-state index is 12.2. The number of carbonyl (C=O) groups is 2. The minimum Gasteiger partial charge on any atom is -0.343 e. The monoisotopic (exact) mass is 370 g/mol. The quantitative estimate of drug-likeness (QED) is 0.899. The fourth-order valence-electron chi connectivity index (χ4n) is 1.77. The second-order valence-corrected chi connectivity index (χ2v) is 6.33. The molecule has 2 heterocycles. The molecule has 21 heavy (non-hydrogen) atoms. The van der Waals surface area contributed by atoms with Gasteiger partial charge in [0.15, 0.2) is 0 Å². The predicted octanol–water partition coefficient (Wildman–Crippen LogP) is 2.68. The Bertz CT molecular complexity index is 678. The summed E-state index contributed by atoms with van der Waals surface area (Å²) < 4.78 is 2.42. The van der Waals surface area contributed by atoms with E-state index in [1.165, 1.54) is 22.4 Å². The van der Waals surface area contributed by atoms with Crippen molar-refractivity contribution in [3.8, 4) is 0 Å². The fourth-order valence-corrected chi connectivity index (χ4v) is 3.09. The molecule has 0 fully saturated rings. The van der Waals surface area contributed by atoms with Gasteiger partial charge in [-0.05, 0) is 28.9 Å². The molecule has 0 radical (unpaired) electrons. The number of anilines is 1. The van der Waals surface area contributed by atoms with Crippen molar-refractivity contribution >= 4 is 44.8 Å². The van der Waals surface area contributed by atoms with E-state index in [4.69, 9.17) is 0 Å². The van der Waals surface area contributed by atoms with E-state index in [0.717, 1.165) is 4.47 Å². The van der Waals surface area contributed by atoms with Crippen molar-refractivity contribution in [1.29, 1.82) is 0 Å². The van der Waals surface area contributed by atoms with Crippen LogP contribution in [0.25, 0.3) is 0 Å². The van der Waals surface area contributed by atoms with Crippen molar-refractivity contribution in [2.45, 2.75) is 13.5 Å². The lowest BCUT2D eigenvalue weighted by molar-refractivity contribution is 0.0816. The highest BCUT2D eigenvalue weighted by atomic mass is 79.9. The second kappa shape index (κ2) is 6.40. The molecule has 2 rings (SSSR count). The maximum atomic E-state index is 12.2. The molecule has 0 saturated carbocycles. The molecule has 0 atom stereocenters. The van der Waals surface area contributed by atoms with E-state index in [2.05, 4.69) is 26.3 Å². The smallest absolute Gasteiger partial charge is 0.273 e. The molecule has 1 N–H and O–H groups in total. The summed E-state index contributed by atoms with van der Waals surface area (Å²) in [5.74, 6) is -0.453. The Hall–Kier alpha value is -1.67. The molecule has 0 spiro atoms. The van der Waals surface area contributed by atoms with Crippen molar-refractivity contribution in [3.05, 3.63) is 32.7 Å². The lowest BCUT2D eigenvalue weighted by Crippen LogP contribution is -2.26. The third kappa shape index (κ3) is 3.33. The SMILES string of the molecule is CCn1ncc(NC(=O)c2cc(Br)cs2)c1C(=O)N(C)C. The van der Waals surface area contributed by atoms with Crippen LogP contribution in [-0.2, 0) is 6.54 Å². The summed E-state index contributed by atoms with van der Waals surface area (Å²) in [6.07, 6.45) is 1.50. The van der Waals surface area contributed by atoms with Gasteiger partial charge < -0.3 is 10.2 Å². The molecule has 0 saturated heterocycles. The highest BCUT2D eigenvalue weighted by Gasteiger charge is 2.21. The predicted molar refractivity (Wildman–Crippen MR) is 85.9 cm³/mol. The van der Waals surface area contributed by atoms with Crippen LogP contribution in [-0.4, -0.2) is 40.6 Å². The fraction of sp³-hybridized carbons (Fsp3) is 0.308. The van der Waals surface area contributed by atoms with Crippen LogP contribution in [0.5, 0.6) is 0 Å². The van der Waals surface area contributed by atoms with Gasteiger partial charge in [-0.1, -0.05) is 0 Å². The number of hydrogen-bond acceptors (Lipinski definition) is 4. The van der Waals surface area contributed by atoms with E-state index in [1.807, 2.05) is 12.3 Å². The molecule has 2 aromatic heterocycles. The zero-order chi connectivity index (χ0) is 15.6. The average molecular weight is 371 g/mol. The number of amides is 2. The van der Waals surface area contributed by atoms with Crippen molar-refractivity contribution in [3.63, 3.8) is 0 Å². The third-order valence-corrected chi connectivity index (χ3v) is 4.48. The molecule has 0 aromatic carbocycles. The van der Waals surface area contributed by atoms with Crippen LogP contribution < -0.4 is 5.32 Å². The molecular weight excluding hydrogens is 356 g/mol. The molecule has 2 amide bonds. The Kier molecular flexibility index (Phi) is 4.79. The number of nitrogens with zero attached hydrogens (tertiary/aromatic N) is 3. The van der Waals surface area contributed by atoms with Gasteiger partial charge in [-0.25, -0.2) is 0 Å². The molecule has 0 aliphatic rings. The summed E-state index contributed by atoms with van der Waals surface area (Å²) in [4.78, 5) is 26.4. The van der Waals surface area contributed by atoms with Crippen LogP contribution in [0.15, 0.2) is 22.1 Å². The second-order valence-electron chi connectivity index (χ2n) is 4.51. The lowest BCUT2D eigenvalue weighted by atomic mass is 10.3. The Morgan fingerprint density at radius 1 is 1.48 bits per heavy atom. The molecule has 0 bridgehead atoms. The number of nitrogens with one attached hydrogen (secondary N) is 1. The summed E-state index contributed by atoms with van der Waals surface area (Å²) >= 11 is 4.64. The van der Waals surface area contributed by atoms with Crippen molar-refractivity contribution < 1.29 is 9.59 Å². The van der Waals surface area contributed by atoms with Gasteiger partial charge in [0.2, 0.25) is 0 Å². The Labute approximate surface area is 134 Å². The zero-order valence-corrected chi connectivity index (χ0v) is 14.3. The van der Waals surface area contributed by atoms with Gasteiger partial charge in [0.05, 0.1) is 16.8 Å². The van der Waals surface area contributed by atoms with Gasteiger partial charge in [-0.3, -0.25) is 14.3 Å². The topological polar surface area (TPSA) is 67.2 Å². The van der Waals surface area contributed by atoms with E-state index in [1.54, 1.807) is 24.8 Å². The number of aryl methyl sites for hydroxylation is 1. The third-order valence-electron chi connectivity index (χ3n) is 2.79. The Morgan fingerprint density at radius 2 is 2.19 bits per heavy atom. The van der Waals surface area contributed by atoms with Gasteiger partial charge in [0.1, 0.15) is 5.69 Å². The molecule has 8 heteroatoms. The van der Waals surface area contributed by atoms with Gasteiger partial charge in [-0.2, -0.15) is 5.10 Å². The average Bonchev–Trinajstić information content (AvgIpc) is 3.04. The molecule has 0 unspecified atom stereocenters. The minimum absolute atomic E-state index is 0.197. The molecule has 112 valence electrons. The first-order chi connectivity index (χ1) is 9.93. The molecule has 6 nitrogen and oxygen atoms in total. The van der Waals surface area contributed by atoms with Gasteiger partial charge in [0.25, 0.3) is 11.8 Å². The van der Waals surface area contributed by atoms with Gasteiger partial charge in [-0.15, -0.1) is 11.3 Å². The summed E-state index contributed by atoms with van der Waals surface area (Å²) in [5, 5.41) is 8.72. The number of thiophene rings is 1. The van der Waals surface area contributed by atoms with Gasteiger partial charge in [0, 0.05) is 30.5 Å². The molecule has 0 aliphatic heterocycles. The normalized spacial score (nSPS) is 10.5. The molecule has 0 aliphatic carbocycles. The van der Waals surface area contributed by atoms with Crippen LogP contribution in [0.3, 0.4) is 0 Å². The van der Waals surface area contributed by atoms with Crippen molar-refractivity contribution in [2.75, 3.05) is 19.4 Å². The Morgan fingerprint density at radius 3 is 2.71 bits per heavy atom. The van der Waals surface area contributed by atoms with Gasteiger partial charge >= 0.3 is 0 Å². The summed E-state index contributed by atoms with van der Waals surface area (Å²) in [5.41, 5.74) is 0.802. The largest absolute Gasteiger partial charge is 0.343 e. The number of carbonyl (C=O) groups excluding carboxylic acids is 2. The van der Waals surface area contributed by atoms with E-state index < -0.39 is 0 Å². The van der Waals surface area contributed by atoms with E-state index in [0.29, 0.717) is 22.8 Å². The number of hydrogen-bond donors (Lipinski definition) is 1. The number of rotatable bonds is 4. The van der Waals surface area contributed by atoms with E-state index in [-0.39, 0.29) is 11.8 Å². The van der Waals surface area contributed by atoms with Crippen LogP contribution in [0, 0.1) is 0 Å². The van der Waals surface area contributed by atoms with Crippen LogP contribution in [0.4, 0.5) is 5.69 Å². The first kappa shape index (κ1) is 15.7. The van der Waals surface area contributed by atoms with E-state index in [9.17, 15) is 9.59 Å². The highest BCUT2D eigenvalue weighted by Crippen LogP contribution is 2.22. The first-order valence-corrected chi connectivity index (χ1v) is 7.94. The summed E-state index contributed by atoms with van der Waals surface area (Å²) in [6, 6.07) is 1.73. The van der Waals surface area contributed by atoms with Crippen LogP contribution in [0.2, 0.25) is 0 Å². The molecular formula is C13H15BrN4O2S. The summed E-state index contributed by atoms with van der Waals surface area (Å²) in [6.45, 7) is 2.44. The minimum atomic E-state index is -0.255. The molecule has 2 aromatic rings. The zero-order valence-electron chi connectivity index (χ0n) is 11.9. The van der Waals surface area contributed by atoms with Crippen LogP contribution >= 0.6 is 27.3 Å². The lowest BCUT2D eigenvalue weighted by Gasteiger charge is -2.13. The van der Waals surface area contributed by atoms with Crippen LogP contribution in [0.1, 0.15) is 27.1 Å². The summed E-state index contributed by atoms with van der Waals surface area (Å²) in [7, 11) is 3.33. The van der Waals surface area contributed by atoms with E-state index >= 15 is 0 Å². The standard InChI is InChI=1S/C13H15BrN4O2S/c1-4-18-11(13(20)17(2)3)9(6-15-18)16-12(19)10-5-8(14)7-21-10/h5-7H,4H2,1-3H3,(H,16,19). The first-order valence-electron chi connectivity index (χ1n) is 6.26. The number of halogens is 1. The van der Waals surface area contributed by atoms with Crippen molar-refractivity contribution in [2.24, 2.45) is 0 Å². The number of aromatic nitrogens is 2. The highest BCUT2D eigenvalue weighted by molar-refractivity contribution is 9.10.